The van der Waals surface area contributed by atoms with E-state index in [1.807, 2.05) is 19.2 Å². The molecule has 0 aliphatic carbocycles. The summed E-state index contributed by atoms with van der Waals surface area (Å²) in [6.07, 6.45) is 1.03. The molecule has 1 aromatic rings. The maximum absolute atomic E-state index is 12.3. The van der Waals surface area contributed by atoms with Gasteiger partial charge in [-0.25, -0.2) is 13.1 Å². The highest BCUT2D eigenvalue weighted by Gasteiger charge is 2.22. The lowest BCUT2D eigenvalue weighted by molar-refractivity contribution is 0.153. The Morgan fingerprint density at radius 1 is 1.30 bits per heavy atom. The van der Waals surface area contributed by atoms with Crippen molar-refractivity contribution in [3.8, 4) is 0 Å². The van der Waals surface area contributed by atoms with Crippen LogP contribution in [0, 0.1) is 6.92 Å². The lowest BCUT2D eigenvalue weighted by Crippen LogP contribution is -2.29. The van der Waals surface area contributed by atoms with Gasteiger partial charge in [-0.2, -0.15) is 0 Å². The van der Waals surface area contributed by atoms with E-state index in [0.29, 0.717) is 31.2 Å². The summed E-state index contributed by atoms with van der Waals surface area (Å²) in [5.74, 6) is 0. The summed E-state index contributed by atoms with van der Waals surface area (Å²) in [5, 5.41) is 5.14. The van der Waals surface area contributed by atoms with E-state index < -0.39 is 10.0 Å². The van der Waals surface area contributed by atoms with Gasteiger partial charge in [-0.05, 0) is 37.8 Å². The van der Waals surface area contributed by atoms with Crippen molar-refractivity contribution in [3.63, 3.8) is 0 Å². The molecule has 0 spiro atoms. The summed E-state index contributed by atoms with van der Waals surface area (Å²) < 4.78 is 32.4. The highest BCUT2D eigenvalue weighted by atomic mass is 32.2. The third kappa shape index (κ3) is 5.14. The molecular weight excluding hydrogens is 296 g/mol. The van der Waals surface area contributed by atoms with E-state index in [1.165, 1.54) is 11.3 Å². The van der Waals surface area contributed by atoms with Crippen molar-refractivity contribution < 1.29 is 13.2 Å². The summed E-state index contributed by atoms with van der Waals surface area (Å²) in [5.41, 5.74) is 0.798. The quantitative estimate of drug-likeness (QED) is 0.646. The van der Waals surface area contributed by atoms with E-state index in [0.717, 1.165) is 23.4 Å². The zero-order valence-corrected chi connectivity index (χ0v) is 14.0. The average Bonchev–Trinajstić information content (AvgIpc) is 2.77. The van der Waals surface area contributed by atoms with Crippen molar-refractivity contribution in [1.82, 2.24) is 10.0 Å². The molecule has 0 aromatic carbocycles. The summed E-state index contributed by atoms with van der Waals surface area (Å²) in [6, 6.07) is 0. The van der Waals surface area contributed by atoms with Gasteiger partial charge in [0.15, 0.2) is 0 Å². The van der Waals surface area contributed by atoms with Crippen LogP contribution in [-0.4, -0.2) is 34.7 Å². The molecule has 5 nitrogen and oxygen atoms in total. The van der Waals surface area contributed by atoms with Gasteiger partial charge in [-0.15, -0.1) is 11.3 Å². The number of ether oxygens (including phenoxy) is 1. The van der Waals surface area contributed by atoms with E-state index in [2.05, 4.69) is 17.0 Å². The normalized spacial score (nSPS) is 11.9. The fourth-order valence-electron chi connectivity index (χ4n) is 1.81. The van der Waals surface area contributed by atoms with Crippen LogP contribution in [0.4, 0.5) is 0 Å². The molecule has 0 saturated carbocycles. The zero-order chi connectivity index (χ0) is 15.0. The van der Waals surface area contributed by atoms with Crippen molar-refractivity contribution in [2.45, 2.75) is 38.6 Å². The molecule has 116 valence electrons. The number of hydrogen-bond donors (Lipinski definition) is 2. The molecule has 1 aromatic heterocycles. The molecule has 0 fully saturated rings. The second kappa shape index (κ2) is 8.74. The van der Waals surface area contributed by atoms with Crippen LogP contribution in [0.1, 0.15) is 30.7 Å². The van der Waals surface area contributed by atoms with Gasteiger partial charge in [0.2, 0.25) is 10.0 Å². The minimum atomic E-state index is -3.46. The molecule has 0 radical (unpaired) electrons. The Balaban J connectivity index is 2.74. The van der Waals surface area contributed by atoms with Crippen LogP contribution < -0.4 is 10.0 Å². The molecule has 1 rings (SSSR count). The highest BCUT2D eigenvalue weighted by Crippen LogP contribution is 2.26. The number of sulfonamides is 1. The van der Waals surface area contributed by atoms with Crippen LogP contribution in [0.15, 0.2) is 10.3 Å². The van der Waals surface area contributed by atoms with Gasteiger partial charge in [-0.1, -0.05) is 6.92 Å². The molecule has 7 heteroatoms. The van der Waals surface area contributed by atoms with E-state index in [4.69, 9.17) is 4.74 Å². The van der Waals surface area contributed by atoms with Crippen molar-refractivity contribution in [3.05, 3.63) is 15.8 Å². The number of hydrogen-bond acceptors (Lipinski definition) is 5. The first-order chi connectivity index (χ1) is 9.53. The third-order valence-electron chi connectivity index (χ3n) is 2.71. The third-order valence-corrected chi connectivity index (χ3v) is 5.64. The molecule has 20 heavy (non-hydrogen) atoms. The standard InChI is InChI=1S/C13H24N2O3S2/c1-4-6-14-9-12-13(11(3)10-19-12)20(16,17)15-7-8-18-5-2/h10,14-15H,4-9H2,1-3H3. The Bertz CT molecular complexity index is 498. The molecule has 1 heterocycles. The van der Waals surface area contributed by atoms with Gasteiger partial charge in [0, 0.05) is 24.6 Å². The first-order valence-electron chi connectivity index (χ1n) is 6.88. The second-order valence-corrected chi connectivity index (χ2v) is 7.11. The molecular formula is C13H24N2O3S2. The molecule has 0 aliphatic heterocycles. The van der Waals surface area contributed by atoms with Gasteiger partial charge >= 0.3 is 0 Å². The second-order valence-electron chi connectivity index (χ2n) is 4.44. The Labute approximate surface area is 125 Å². The number of nitrogens with one attached hydrogen (secondary N) is 2. The SMILES string of the molecule is CCCNCc1scc(C)c1S(=O)(=O)NCCOCC. The zero-order valence-electron chi connectivity index (χ0n) is 12.4. The van der Waals surface area contributed by atoms with Crippen LogP contribution in [0.25, 0.3) is 0 Å². The topological polar surface area (TPSA) is 67.4 Å². The average molecular weight is 320 g/mol. The van der Waals surface area contributed by atoms with Crippen LogP contribution in [0.2, 0.25) is 0 Å². The maximum Gasteiger partial charge on any atom is 0.242 e. The van der Waals surface area contributed by atoms with Crippen molar-refractivity contribution in [2.75, 3.05) is 26.3 Å². The molecule has 2 N–H and O–H groups in total. The fraction of sp³-hybridized carbons (Fsp3) is 0.692. The molecule has 0 saturated heterocycles. The number of thiophene rings is 1. The van der Waals surface area contributed by atoms with Crippen LogP contribution in [0.3, 0.4) is 0 Å². The van der Waals surface area contributed by atoms with Gasteiger partial charge in [-0.3, -0.25) is 0 Å². The van der Waals surface area contributed by atoms with Crippen LogP contribution in [0.5, 0.6) is 0 Å². The van der Waals surface area contributed by atoms with Crippen molar-refractivity contribution in [2.24, 2.45) is 0 Å². The first kappa shape index (κ1) is 17.6. The Morgan fingerprint density at radius 3 is 2.70 bits per heavy atom. The molecule has 0 bridgehead atoms. The lowest BCUT2D eigenvalue weighted by atomic mass is 10.3. The van der Waals surface area contributed by atoms with E-state index in [9.17, 15) is 8.42 Å². The predicted molar refractivity (Wildman–Crippen MR) is 82.7 cm³/mol. The summed E-state index contributed by atoms with van der Waals surface area (Å²) in [4.78, 5) is 1.28. The summed E-state index contributed by atoms with van der Waals surface area (Å²) in [7, 11) is -3.46. The smallest absolute Gasteiger partial charge is 0.242 e. The fourth-order valence-corrected chi connectivity index (χ4v) is 4.60. The summed E-state index contributed by atoms with van der Waals surface area (Å²) in [6.45, 7) is 8.55. The first-order valence-corrected chi connectivity index (χ1v) is 9.24. The minimum Gasteiger partial charge on any atom is -0.380 e. The van der Waals surface area contributed by atoms with Gasteiger partial charge in [0.1, 0.15) is 4.90 Å². The van der Waals surface area contributed by atoms with Gasteiger partial charge < -0.3 is 10.1 Å². The van der Waals surface area contributed by atoms with Gasteiger partial charge in [0.05, 0.1) is 6.61 Å². The number of aryl methyl sites for hydroxylation is 1. The molecule has 0 atom stereocenters. The van der Waals surface area contributed by atoms with E-state index in [-0.39, 0.29) is 0 Å². The van der Waals surface area contributed by atoms with Gasteiger partial charge in [0.25, 0.3) is 0 Å². The molecule has 0 amide bonds. The molecule has 0 aliphatic rings. The maximum atomic E-state index is 12.3. The Kier molecular flexibility index (Phi) is 7.68. The van der Waals surface area contributed by atoms with Crippen molar-refractivity contribution in [1.29, 1.82) is 0 Å². The highest BCUT2D eigenvalue weighted by molar-refractivity contribution is 7.89. The monoisotopic (exact) mass is 320 g/mol. The lowest BCUT2D eigenvalue weighted by Gasteiger charge is -2.09. The minimum absolute atomic E-state index is 0.299. The Hall–Kier alpha value is -0.470. The summed E-state index contributed by atoms with van der Waals surface area (Å²) >= 11 is 1.48. The largest absolute Gasteiger partial charge is 0.380 e. The van der Waals surface area contributed by atoms with Crippen LogP contribution >= 0.6 is 11.3 Å². The molecule has 0 unspecified atom stereocenters. The van der Waals surface area contributed by atoms with E-state index >= 15 is 0 Å². The predicted octanol–water partition coefficient (Wildman–Crippen LogP) is 1.87. The van der Waals surface area contributed by atoms with E-state index in [1.54, 1.807) is 0 Å². The Morgan fingerprint density at radius 2 is 2.05 bits per heavy atom. The van der Waals surface area contributed by atoms with Crippen molar-refractivity contribution >= 4 is 21.4 Å². The van der Waals surface area contributed by atoms with Crippen LogP contribution in [-0.2, 0) is 21.3 Å². The number of rotatable bonds is 10.